The predicted octanol–water partition coefficient (Wildman–Crippen LogP) is -1.74. The highest BCUT2D eigenvalue weighted by atomic mass is 31.2. The number of phosphoric ester groups is 2. The number of hydrogen-bond donors (Lipinski definition) is 7. The summed E-state index contributed by atoms with van der Waals surface area (Å²) in [6.45, 7) is -1.34. The van der Waals surface area contributed by atoms with E-state index in [-0.39, 0.29) is 47.1 Å². The molecule has 0 aromatic carbocycles. The Balaban J connectivity index is 1.23. The summed E-state index contributed by atoms with van der Waals surface area (Å²) in [7, 11) is -10.0. The second-order valence-electron chi connectivity index (χ2n) is 10.9. The summed E-state index contributed by atoms with van der Waals surface area (Å²) >= 11 is 0. The third kappa shape index (κ3) is 5.83. The molecule has 3 aliphatic heterocycles. The van der Waals surface area contributed by atoms with E-state index in [1.165, 1.54) is 21.8 Å². The smallest absolute Gasteiger partial charge is 0.386 e. The molecule has 0 amide bonds. The summed E-state index contributed by atoms with van der Waals surface area (Å²) in [6.07, 6.45) is -6.07. The normalized spacial score (nSPS) is 36.6. The van der Waals surface area contributed by atoms with Crippen molar-refractivity contribution in [1.29, 1.82) is 0 Å². The first-order valence-electron chi connectivity index (χ1n) is 14.0. The zero-order valence-electron chi connectivity index (χ0n) is 24.0. The first-order valence-corrected chi connectivity index (χ1v) is 17.0. The van der Waals surface area contributed by atoms with Crippen LogP contribution in [-0.4, -0.2) is 104 Å². The van der Waals surface area contributed by atoms with Gasteiger partial charge in [0.15, 0.2) is 35.1 Å². The SMILES string of the molecule is NCCC1C2OP(=O)(O)OC[C@H]3O[C@@H](n4cnc5c(N)ncnc54)C(O)C3OP(=O)(O)OC[C@H]1O[C@H]2n1cnc2c(=O)[nH]c(N)nc21. The molecular weight excluding hydrogens is 672 g/mol. The van der Waals surface area contributed by atoms with E-state index >= 15 is 0 Å². The average Bonchev–Trinajstić information content (AvgIpc) is 3.76. The predicted molar refractivity (Wildman–Crippen MR) is 155 cm³/mol. The maximum atomic E-state index is 13.5. The van der Waals surface area contributed by atoms with Gasteiger partial charge in [0.05, 0.1) is 32.0 Å². The molecular formula is C22H29N11O12P2. The van der Waals surface area contributed by atoms with Gasteiger partial charge in [-0.05, 0) is 13.0 Å². The second-order valence-corrected chi connectivity index (χ2v) is 13.7. The summed E-state index contributed by atoms with van der Waals surface area (Å²) in [5.41, 5.74) is 17.0. The molecule has 0 spiro atoms. The van der Waals surface area contributed by atoms with Gasteiger partial charge in [0.1, 0.15) is 36.3 Å². The van der Waals surface area contributed by atoms with Crippen molar-refractivity contribution < 1.29 is 51.6 Å². The number of aromatic nitrogens is 8. The van der Waals surface area contributed by atoms with E-state index < -0.39 is 83.3 Å². The molecule has 47 heavy (non-hydrogen) atoms. The zero-order chi connectivity index (χ0) is 33.2. The number of nitrogens with one attached hydrogen (secondary N) is 1. The van der Waals surface area contributed by atoms with E-state index in [0.717, 1.165) is 6.33 Å². The lowest BCUT2D eigenvalue weighted by atomic mass is 9.94. The molecule has 23 nitrogen and oxygen atoms in total. The molecule has 25 heteroatoms. The standard InChI is InChI=1S/C22H29N11O12P2/c23-2-1-8-9-3-40-47(38,39)45-15-10(43-20(13(15)34)32-6-28-11-16(24)26-5-27-17(11)32)4-41-46(36,37)44-14(8)21(42-9)33-7-29-12-18(33)30-22(25)31-19(12)35/h5-10,13-15,20-21,34H,1-4,23H2,(H,36,37)(H,38,39)(H2,24,26,27)(H3,25,30,31,35)/t8?,9-,10-,13?,14?,15?,20-,21-/m1/s1. The van der Waals surface area contributed by atoms with E-state index in [4.69, 9.17) is 44.8 Å². The number of ether oxygens (including phenoxy) is 2. The summed E-state index contributed by atoms with van der Waals surface area (Å²) in [6, 6.07) is 0. The Labute approximate surface area is 262 Å². The maximum absolute atomic E-state index is 13.5. The van der Waals surface area contributed by atoms with Gasteiger partial charge in [-0.1, -0.05) is 0 Å². The van der Waals surface area contributed by atoms with Gasteiger partial charge in [-0.25, -0.2) is 29.1 Å². The molecule has 254 valence electrons. The number of imidazole rings is 2. The number of hydrogen-bond acceptors (Lipinski definition) is 18. The van der Waals surface area contributed by atoms with E-state index in [1.807, 2.05) is 0 Å². The molecule has 6 unspecified atom stereocenters. The Kier molecular flexibility index (Phi) is 8.14. The van der Waals surface area contributed by atoms with Crippen molar-refractivity contribution in [1.82, 2.24) is 39.0 Å². The lowest BCUT2D eigenvalue weighted by Crippen LogP contribution is -2.36. The lowest BCUT2D eigenvalue weighted by Gasteiger charge is -2.26. The highest BCUT2D eigenvalue weighted by molar-refractivity contribution is 7.47. The molecule has 0 aliphatic carbocycles. The fourth-order valence-corrected chi connectivity index (χ4v) is 7.87. The molecule has 2 bridgehead atoms. The molecule has 10 atom stereocenters. The van der Waals surface area contributed by atoms with Crippen molar-refractivity contribution in [3.05, 3.63) is 29.3 Å². The Hall–Kier alpha value is -3.44. The van der Waals surface area contributed by atoms with E-state index in [1.54, 1.807) is 0 Å². The van der Waals surface area contributed by atoms with Gasteiger partial charge >= 0.3 is 15.6 Å². The van der Waals surface area contributed by atoms with Crippen LogP contribution in [0.15, 0.2) is 23.8 Å². The van der Waals surface area contributed by atoms with Crippen LogP contribution in [0.3, 0.4) is 0 Å². The van der Waals surface area contributed by atoms with E-state index in [2.05, 4.69) is 29.9 Å². The van der Waals surface area contributed by atoms with Gasteiger partial charge in [-0.2, -0.15) is 4.98 Å². The minimum Gasteiger partial charge on any atom is -0.386 e. The number of fused-ring (bicyclic) bond motifs is 5. The molecule has 4 aromatic heterocycles. The highest BCUT2D eigenvalue weighted by Gasteiger charge is 2.54. The minimum absolute atomic E-state index is 0.0369. The lowest BCUT2D eigenvalue weighted by molar-refractivity contribution is -0.0671. The third-order valence-corrected chi connectivity index (χ3v) is 9.97. The summed E-state index contributed by atoms with van der Waals surface area (Å²) < 4.78 is 63.0. The number of nitrogens with zero attached hydrogens (tertiary/aromatic N) is 7. The van der Waals surface area contributed by atoms with Gasteiger partial charge in [0.25, 0.3) is 5.56 Å². The molecule has 7 heterocycles. The van der Waals surface area contributed by atoms with Crippen LogP contribution in [0.4, 0.5) is 11.8 Å². The number of nitrogens with two attached hydrogens (primary N) is 3. The van der Waals surface area contributed by atoms with Crippen molar-refractivity contribution in [2.24, 2.45) is 11.7 Å². The molecule has 4 aromatic rings. The molecule has 0 saturated carbocycles. The number of aliphatic hydroxyl groups excluding tert-OH is 1. The van der Waals surface area contributed by atoms with Crippen LogP contribution in [0.1, 0.15) is 18.9 Å². The topological polar surface area (TPSA) is 335 Å². The monoisotopic (exact) mass is 701 g/mol. The number of nitrogen functional groups attached to an aromatic ring is 2. The van der Waals surface area contributed by atoms with Crippen LogP contribution >= 0.6 is 15.6 Å². The Morgan fingerprint density at radius 1 is 0.894 bits per heavy atom. The van der Waals surface area contributed by atoms with Crippen molar-refractivity contribution in [3.8, 4) is 0 Å². The molecule has 3 fully saturated rings. The molecule has 0 radical (unpaired) electrons. The number of aliphatic hydroxyl groups is 1. The van der Waals surface area contributed by atoms with Gasteiger partial charge in [0, 0.05) is 5.92 Å². The first-order chi connectivity index (χ1) is 22.4. The van der Waals surface area contributed by atoms with Gasteiger partial charge in [-0.15, -0.1) is 0 Å². The molecule has 3 saturated heterocycles. The Morgan fingerprint density at radius 3 is 2.26 bits per heavy atom. The Morgan fingerprint density at radius 2 is 1.53 bits per heavy atom. The summed E-state index contributed by atoms with van der Waals surface area (Å²) in [5.74, 6) is -1.02. The summed E-state index contributed by atoms with van der Waals surface area (Å²) in [5, 5.41) is 11.2. The maximum Gasteiger partial charge on any atom is 0.472 e. The van der Waals surface area contributed by atoms with Crippen molar-refractivity contribution >= 4 is 49.7 Å². The van der Waals surface area contributed by atoms with E-state index in [9.17, 15) is 28.8 Å². The zero-order valence-corrected chi connectivity index (χ0v) is 25.7. The Bertz CT molecular complexity index is 1970. The fourth-order valence-electron chi connectivity index (χ4n) is 5.94. The van der Waals surface area contributed by atoms with Crippen LogP contribution in [-0.2, 0) is 36.7 Å². The van der Waals surface area contributed by atoms with Crippen LogP contribution in [0.25, 0.3) is 22.3 Å². The van der Waals surface area contributed by atoms with E-state index in [0.29, 0.717) is 0 Å². The van der Waals surface area contributed by atoms with Crippen molar-refractivity contribution in [2.75, 3.05) is 31.2 Å². The number of anilines is 2. The van der Waals surface area contributed by atoms with Crippen LogP contribution < -0.4 is 22.8 Å². The number of phosphoric acid groups is 2. The first kappa shape index (κ1) is 32.1. The van der Waals surface area contributed by atoms with Crippen LogP contribution in [0.2, 0.25) is 0 Å². The van der Waals surface area contributed by atoms with Crippen molar-refractivity contribution in [3.63, 3.8) is 0 Å². The molecule has 7 rings (SSSR count). The number of rotatable bonds is 4. The number of aromatic amines is 1. The molecule has 10 N–H and O–H groups in total. The third-order valence-electron chi connectivity index (χ3n) is 8.00. The van der Waals surface area contributed by atoms with Crippen LogP contribution in [0.5, 0.6) is 0 Å². The minimum atomic E-state index is -5.02. The largest absolute Gasteiger partial charge is 0.472 e. The van der Waals surface area contributed by atoms with Crippen LogP contribution in [0, 0.1) is 5.92 Å². The van der Waals surface area contributed by atoms with Gasteiger partial charge < -0.3 is 41.6 Å². The van der Waals surface area contributed by atoms with Gasteiger partial charge in [-0.3, -0.25) is 37.0 Å². The quantitative estimate of drug-likeness (QED) is 0.116. The fraction of sp³-hybridized carbons (Fsp3) is 0.545. The summed E-state index contributed by atoms with van der Waals surface area (Å²) in [4.78, 5) is 56.7. The molecule has 3 aliphatic rings. The average molecular weight is 701 g/mol. The number of H-pyrrole nitrogens is 1. The highest BCUT2D eigenvalue weighted by Crippen LogP contribution is 2.55. The van der Waals surface area contributed by atoms with Crippen molar-refractivity contribution in [2.45, 2.75) is 49.4 Å². The van der Waals surface area contributed by atoms with Gasteiger partial charge in [0.2, 0.25) is 5.95 Å². The second kappa shape index (κ2) is 11.9.